The molecule has 17 heavy (non-hydrogen) atoms. The first-order valence-electron chi connectivity index (χ1n) is 4.87. The van der Waals surface area contributed by atoms with E-state index in [0.717, 1.165) is 0 Å². The summed E-state index contributed by atoms with van der Waals surface area (Å²) in [4.78, 5) is 8.05. The predicted molar refractivity (Wildman–Crippen MR) is 59.7 cm³/mol. The maximum Gasteiger partial charge on any atom is 0.245 e. The molecule has 0 saturated carbocycles. The highest BCUT2D eigenvalue weighted by Crippen LogP contribution is 2.14. The van der Waals surface area contributed by atoms with Crippen LogP contribution in [0, 0.1) is 18.3 Å². The van der Waals surface area contributed by atoms with Crippen molar-refractivity contribution >= 4 is 11.5 Å². The molecule has 0 aliphatic rings. The second-order valence-electron chi connectivity index (χ2n) is 3.37. The van der Waals surface area contributed by atoms with Gasteiger partial charge in [0.05, 0.1) is 24.0 Å². The third-order valence-corrected chi connectivity index (χ3v) is 2.01. The molecule has 0 atom stereocenters. The highest BCUT2D eigenvalue weighted by molar-refractivity contribution is 5.57. The summed E-state index contributed by atoms with van der Waals surface area (Å²) in [7, 11) is 0. The van der Waals surface area contributed by atoms with Crippen molar-refractivity contribution in [3.8, 4) is 6.07 Å². The van der Waals surface area contributed by atoms with E-state index in [-0.39, 0.29) is 0 Å². The Morgan fingerprint density at radius 1 is 1.59 bits per heavy atom. The molecule has 2 aromatic heterocycles. The second-order valence-corrected chi connectivity index (χ2v) is 3.37. The monoisotopic (exact) mass is 230 g/mol. The molecule has 7 nitrogen and oxygen atoms in total. The molecule has 0 fully saturated rings. The standard InChI is InChI=1S/C10H10N6O/c1-6-15-9(17-16-6)5-14-10-7(3-11)2-8(12)4-13-10/h2,4H,5,12H2,1H3,(H,13,14). The zero-order valence-corrected chi connectivity index (χ0v) is 9.14. The number of nitrogen functional groups attached to an aromatic ring is 1. The Morgan fingerprint density at radius 2 is 2.41 bits per heavy atom. The predicted octanol–water partition coefficient (Wildman–Crippen LogP) is 0.839. The van der Waals surface area contributed by atoms with Gasteiger partial charge in [-0.2, -0.15) is 10.2 Å². The zero-order chi connectivity index (χ0) is 12.3. The number of hydrogen-bond acceptors (Lipinski definition) is 7. The Morgan fingerprint density at radius 3 is 3.06 bits per heavy atom. The van der Waals surface area contributed by atoms with Gasteiger partial charge in [0.2, 0.25) is 5.89 Å². The Balaban J connectivity index is 2.12. The van der Waals surface area contributed by atoms with Crippen LogP contribution in [0.2, 0.25) is 0 Å². The fourth-order valence-electron chi connectivity index (χ4n) is 1.28. The Bertz CT molecular complexity index is 570. The van der Waals surface area contributed by atoms with Crippen molar-refractivity contribution in [2.45, 2.75) is 13.5 Å². The molecule has 2 heterocycles. The summed E-state index contributed by atoms with van der Waals surface area (Å²) < 4.78 is 4.92. The van der Waals surface area contributed by atoms with Crippen LogP contribution in [0.25, 0.3) is 0 Å². The number of anilines is 2. The first kappa shape index (κ1) is 10.9. The molecule has 0 bridgehead atoms. The fraction of sp³-hybridized carbons (Fsp3) is 0.200. The van der Waals surface area contributed by atoms with Crippen LogP contribution >= 0.6 is 0 Å². The highest BCUT2D eigenvalue weighted by atomic mass is 16.5. The van der Waals surface area contributed by atoms with Gasteiger partial charge in [-0.15, -0.1) is 0 Å². The number of aromatic nitrogens is 3. The van der Waals surface area contributed by atoms with E-state index < -0.39 is 0 Å². The van der Waals surface area contributed by atoms with Crippen LogP contribution in [0.1, 0.15) is 17.3 Å². The zero-order valence-electron chi connectivity index (χ0n) is 9.14. The molecule has 0 aliphatic carbocycles. The molecule has 3 N–H and O–H groups in total. The molecule has 0 aliphatic heterocycles. The molecular weight excluding hydrogens is 220 g/mol. The average Bonchev–Trinajstić information content (AvgIpc) is 2.73. The van der Waals surface area contributed by atoms with E-state index in [1.807, 2.05) is 6.07 Å². The van der Waals surface area contributed by atoms with E-state index in [1.54, 1.807) is 13.0 Å². The van der Waals surface area contributed by atoms with Crippen LogP contribution in [0.4, 0.5) is 11.5 Å². The molecule has 0 amide bonds. The Kier molecular flexibility index (Phi) is 2.87. The van der Waals surface area contributed by atoms with E-state index in [4.69, 9.17) is 15.5 Å². The van der Waals surface area contributed by atoms with Crippen molar-refractivity contribution in [2.75, 3.05) is 11.1 Å². The molecule has 0 aromatic carbocycles. The van der Waals surface area contributed by atoms with Gasteiger partial charge >= 0.3 is 0 Å². The van der Waals surface area contributed by atoms with Crippen LogP contribution in [0.15, 0.2) is 16.8 Å². The molecule has 0 radical (unpaired) electrons. The van der Waals surface area contributed by atoms with Crippen LogP contribution in [-0.2, 0) is 6.54 Å². The lowest BCUT2D eigenvalue weighted by molar-refractivity contribution is 0.379. The highest BCUT2D eigenvalue weighted by Gasteiger charge is 2.06. The van der Waals surface area contributed by atoms with Crippen molar-refractivity contribution < 1.29 is 4.52 Å². The van der Waals surface area contributed by atoms with Gasteiger partial charge in [-0.05, 0) is 13.0 Å². The topological polar surface area (TPSA) is 114 Å². The van der Waals surface area contributed by atoms with E-state index in [9.17, 15) is 0 Å². The van der Waals surface area contributed by atoms with Gasteiger partial charge < -0.3 is 15.6 Å². The number of hydrogen-bond donors (Lipinski definition) is 2. The van der Waals surface area contributed by atoms with Crippen LogP contribution < -0.4 is 11.1 Å². The number of nitrogens with zero attached hydrogens (tertiary/aromatic N) is 4. The number of nitriles is 1. The Labute approximate surface area is 97.3 Å². The summed E-state index contributed by atoms with van der Waals surface area (Å²) in [6, 6.07) is 3.56. The number of nitrogens with one attached hydrogen (secondary N) is 1. The van der Waals surface area contributed by atoms with Gasteiger partial charge in [0.1, 0.15) is 11.9 Å². The minimum absolute atomic E-state index is 0.312. The third kappa shape index (κ3) is 2.49. The van der Waals surface area contributed by atoms with Crippen molar-refractivity contribution in [3.63, 3.8) is 0 Å². The summed E-state index contributed by atoms with van der Waals surface area (Å²) in [5.74, 6) is 1.44. The molecule has 0 saturated heterocycles. The molecule has 2 aromatic rings. The van der Waals surface area contributed by atoms with E-state index in [2.05, 4.69) is 20.4 Å². The normalized spacial score (nSPS) is 9.88. The van der Waals surface area contributed by atoms with Crippen molar-refractivity contribution in [1.29, 1.82) is 5.26 Å². The smallest absolute Gasteiger partial charge is 0.245 e. The lowest BCUT2D eigenvalue weighted by atomic mass is 10.2. The van der Waals surface area contributed by atoms with Crippen LogP contribution in [0.3, 0.4) is 0 Å². The maximum absolute atomic E-state index is 8.91. The fourth-order valence-corrected chi connectivity index (χ4v) is 1.28. The first-order chi connectivity index (χ1) is 8.19. The second kappa shape index (κ2) is 4.49. The molecule has 86 valence electrons. The van der Waals surface area contributed by atoms with E-state index >= 15 is 0 Å². The molecule has 2 rings (SSSR count). The SMILES string of the molecule is Cc1noc(CNc2ncc(N)cc2C#N)n1. The lowest BCUT2D eigenvalue weighted by Crippen LogP contribution is -2.04. The van der Waals surface area contributed by atoms with Gasteiger partial charge in [-0.3, -0.25) is 0 Å². The van der Waals surface area contributed by atoms with E-state index in [1.165, 1.54) is 6.20 Å². The molecule has 7 heteroatoms. The quantitative estimate of drug-likeness (QED) is 0.802. The van der Waals surface area contributed by atoms with Crippen molar-refractivity contribution in [1.82, 2.24) is 15.1 Å². The molecule has 0 unspecified atom stereocenters. The summed E-state index contributed by atoms with van der Waals surface area (Å²) in [5.41, 5.74) is 6.35. The van der Waals surface area contributed by atoms with Crippen molar-refractivity contribution in [2.24, 2.45) is 0 Å². The Hall–Kier alpha value is -2.62. The average molecular weight is 230 g/mol. The van der Waals surface area contributed by atoms with Gasteiger partial charge in [-0.1, -0.05) is 5.16 Å². The molecule has 0 spiro atoms. The number of aryl methyl sites for hydroxylation is 1. The first-order valence-corrected chi connectivity index (χ1v) is 4.87. The van der Waals surface area contributed by atoms with Gasteiger partial charge in [-0.25, -0.2) is 4.98 Å². The third-order valence-electron chi connectivity index (χ3n) is 2.01. The molecular formula is C10H10N6O. The van der Waals surface area contributed by atoms with Gasteiger partial charge in [0.25, 0.3) is 0 Å². The number of rotatable bonds is 3. The summed E-state index contributed by atoms with van der Waals surface area (Å²) >= 11 is 0. The van der Waals surface area contributed by atoms with Crippen molar-refractivity contribution in [3.05, 3.63) is 29.5 Å². The number of nitrogens with two attached hydrogens (primary N) is 1. The van der Waals surface area contributed by atoms with E-state index in [0.29, 0.717) is 35.3 Å². The summed E-state index contributed by atoms with van der Waals surface area (Å²) in [6.45, 7) is 2.04. The number of pyridine rings is 1. The maximum atomic E-state index is 8.91. The van der Waals surface area contributed by atoms with Gasteiger partial charge in [0.15, 0.2) is 5.82 Å². The van der Waals surface area contributed by atoms with Crippen LogP contribution in [0.5, 0.6) is 0 Å². The minimum Gasteiger partial charge on any atom is -0.397 e. The largest absolute Gasteiger partial charge is 0.397 e. The summed E-state index contributed by atoms with van der Waals surface area (Å²) in [5, 5.41) is 15.5. The minimum atomic E-state index is 0.312. The van der Waals surface area contributed by atoms with Gasteiger partial charge in [0, 0.05) is 0 Å². The van der Waals surface area contributed by atoms with Crippen LogP contribution in [-0.4, -0.2) is 15.1 Å². The lowest BCUT2D eigenvalue weighted by Gasteiger charge is -2.04. The summed E-state index contributed by atoms with van der Waals surface area (Å²) in [6.07, 6.45) is 1.47.